The van der Waals surface area contributed by atoms with Gasteiger partial charge >= 0.3 is 0 Å². The van der Waals surface area contributed by atoms with Gasteiger partial charge in [0.15, 0.2) is 0 Å². The van der Waals surface area contributed by atoms with Crippen molar-refractivity contribution in [3.05, 3.63) is 60.2 Å². The molecule has 1 atom stereocenters. The van der Waals surface area contributed by atoms with E-state index in [1.54, 1.807) is 11.8 Å². The molecule has 0 aliphatic carbocycles. The second kappa shape index (κ2) is 5.71. The van der Waals surface area contributed by atoms with E-state index in [2.05, 4.69) is 13.0 Å². The molecule has 2 aromatic rings. The van der Waals surface area contributed by atoms with E-state index in [-0.39, 0.29) is 11.9 Å². The topological polar surface area (TPSA) is 20.3 Å². The average molecular weight is 283 g/mol. The van der Waals surface area contributed by atoms with Gasteiger partial charge in [-0.1, -0.05) is 36.4 Å². The van der Waals surface area contributed by atoms with Gasteiger partial charge in [0.2, 0.25) is 5.91 Å². The van der Waals surface area contributed by atoms with E-state index in [4.69, 9.17) is 0 Å². The summed E-state index contributed by atoms with van der Waals surface area (Å²) in [5.41, 5.74) is 2.36. The number of thioether (sulfide) groups is 1. The van der Waals surface area contributed by atoms with Crippen LogP contribution < -0.4 is 4.90 Å². The van der Waals surface area contributed by atoms with Crippen LogP contribution in [0.15, 0.2) is 59.5 Å². The Kier molecular flexibility index (Phi) is 3.79. The minimum Gasteiger partial charge on any atom is -0.308 e. The van der Waals surface area contributed by atoms with Crippen LogP contribution in [0.2, 0.25) is 0 Å². The molecular weight excluding hydrogens is 266 g/mol. The third-order valence-corrected chi connectivity index (χ3v) is 4.58. The summed E-state index contributed by atoms with van der Waals surface area (Å²) in [5, 5.41) is 0. The van der Waals surface area contributed by atoms with E-state index in [0.29, 0.717) is 5.75 Å². The standard InChI is InChI=1S/C17H17NOS/c1-13-11-14-7-5-6-10-16(14)18(13)17(19)12-20-15-8-3-2-4-9-15/h2-10,13H,11-12H2,1H3/t13-/m0/s1. The number of carbonyl (C=O) groups excluding carboxylic acids is 1. The fourth-order valence-corrected chi connectivity index (χ4v) is 3.46. The maximum atomic E-state index is 12.5. The Hall–Kier alpha value is -1.74. The van der Waals surface area contributed by atoms with Crippen molar-refractivity contribution in [1.82, 2.24) is 0 Å². The van der Waals surface area contributed by atoms with Gasteiger partial charge in [-0.15, -0.1) is 11.8 Å². The summed E-state index contributed by atoms with van der Waals surface area (Å²) in [7, 11) is 0. The van der Waals surface area contributed by atoms with Gasteiger partial charge in [0.1, 0.15) is 0 Å². The lowest BCUT2D eigenvalue weighted by Gasteiger charge is -2.22. The minimum atomic E-state index is 0.191. The molecule has 0 aromatic heterocycles. The first-order chi connectivity index (χ1) is 9.75. The number of fused-ring (bicyclic) bond motifs is 1. The molecule has 1 aliphatic heterocycles. The number of carbonyl (C=O) groups is 1. The Bertz CT molecular complexity index is 611. The maximum absolute atomic E-state index is 12.5. The molecule has 0 N–H and O–H groups in total. The van der Waals surface area contributed by atoms with Crippen LogP contribution in [0.25, 0.3) is 0 Å². The van der Waals surface area contributed by atoms with Gasteiger partial charge in [-0.05, 0) is 37.1 Å². The molecule has 102 valence electrons. The molecule has 0 radical (unpaired) electrons. The van der Waals surface area contributed by atoms with Crippen molar-refractivity contribution in [3.63, 3.8) is 0 Å². The molecule has 2 nitrogen and oxygen atoms in total. The summed E-state index contributed by atoms with van der Waals surface area (Å²) >= 11 is 1.60. The molecule has 0 bridgehead atoms. The van der Waals surface area contributed by atoms with Gasteiger partial charge in [-0.3, -0.25) is 4.79 Å². The molecule has 0 spiro atoms. The highest BCUT2D eigenvalue weighted by atomic mass is 32.2. The van der Waals surface area contributed by atoms with Crippen LogP contribution in [-0.2, 0) is 11.2 Å². The Morgan fingerprint density at radius 1 is 1.15 bits per heavy atom. The number of hydrogen-bond donors (Lipinski definition) is 0. The van der Waals surface area contributed by atoms with E-state index in [1.807, 2.05) is 53.4 Å². The molecule has 0 saturated carbocycles. The van der Waals surface area contributed by atoms with Gasteiger partial charge in [0, 0.05) is 16.6 Å². The number of benzene rings is 2. The predicted molar refractivity (Wildman–Crippen MR) is 84.3 cm³/mol. The van der Waals surface area contributed by atoms with Crippen LogP contribution >= 0.6 is 11.8 Å². The molecule has 1 amide bonds. The highest BCUT2D eigenvalue weighted by Crippen LogP contribution is 2.32. The van der Waals surface area contributed by atoms with Crippen LogP contribution in [0.4, 0.5) is 5.69 Å². The maximum Gasteiger partial charge on any atom is 0.237 e. The SMILES string of the molecule is C[C@H]1Cc2ccccc2N1C(=O)CSc1ccccc1. The highest BCUT2D eigenvalue weighted by Gasteiger charge is 2.30. The monoisotopic (exact) mass is 283 g/mol. The summed E-state index contributed by atoms with van der Waals surface area (Å²) in [6.07, 6.45) is 0.956. The van der Waals surface area contributed by atoms with E-state index in [9.17, 15) is 4.79 Å². The van der Waals surface area contributed by atoms with E-state index in [0.717, 1.165) is 17.0 Å². The molecule has 1 heterocycles. The molecule has 20 heavy (non-hydrogen) atoms. The largest absolute Gasteiger partial charge is 0.308 e. The van der Waals surface area contributed by atoms with Crippen molar-refractivity contribution < 1.29 is 4.79 Å². The van der Waals surface area contributed by atoms with Crippen molar-refractivity contribution in [1.29, 1.82) is 0 Å². The fourth-order valence-electron chi connectivity index (χ4n) is 2.68. The second-order valence-electron chi connectivity index (χ2n) is 5.05. The lowest BCUT2D eigenvalue weighted by Crippen LogP contribution is -2.36. The summed E-state index contributed by atoms with van der Waals surface area (Å²) in [6, 6.07) is 18.5. The number of anilines is 1. The molecule has 0 unspecified atom stereocenters. The fraction of sp³-hybridized carbons (Fsp3) is 0.235. The van der Waals surface area contributed by atoms with Crippen LogP contribution in [0, 0.1) is 0 Å². The summed E-state index contributed by atoms with van der Waals surface area (Å²) < 4.78 is 0. The molecular formula is C17H17NOS. The van der Waals surface area contributed by atoms with Gasteiger partial charge in [0.05, 0.1) is 5.75 Å². The highest BCUT2D eigenvalue weighted by molar-refractivity contribution is 8.00. The number of para-hydroxylation sites is 1. The number of hydrogen-bond acceptors (Lipinski definition) is 2. The second-order valence-corrected chi connectivity index (χ2v) is 6.10. The van der Waals surface area contributed by atoms with Crippen LogP contribution in [0.3, 0.4) is 0 Å². The van der Waals surface area contributed by atoms with E-state index in [1.165, 1.54) is 5.56 Å². The van der Waals surface area contributed by atoms with Crippen LogP contribution in [0.1, 0.15) is 12.5 Å². The lowest BCUT2D eigenvalue weighted by atomic mass is 10.1. The Morgan fingerprint density at radius 3 is 2.65 bits per heavy atom. The summed E-state index contributed by atoms with van der Waals surface area (Å²) in [4.78, 5) is 15.6. The number of rotatable bonds is 3. The van der Waals surface area contributed by atoms with Gasteiger partial charge in [0.25, 0.3) is 0 Å². The number of amides is 1. The Labute approximate surface area is 123 Å². The molecule has 2 aromatic carbocycles. The molecule has 0 fully saturated rings. The normalized spacial score (nSPS) is 17.1. The van der Waals surface area contributed by atoms with Crippen molar-refractivity contribution in [2.24, 2.45) is 0 Å². The van der Waals surface area contributed by atoms with Gasteiger partial charge in [-0.25, -0.2) is 0 Å². The van der Waals surface area contributed by atoms with E-state index < -0.39 is 0 Å². The lowest BCUT2D eigenvalue weighted by molar-refractivity contribution is -0.116. The quantitative estimate of drug-likeness (QED) is 0.799. The first-order valence-electron chi connectivity index (χ1n) is 6.83. The molecule has 3 rings (SSSR count). The smallest absolute Gasteiger partial charge is 0.237 e. The minimum absolute atomic E-state index is 0.191. The van der Waals surface area contributed by atoms with Gasteiger partial charge < -0.3 is 4.90 Å². The summed E-state index contributed by atoms with van der Waals surface area (Å²) in [5.74, 6) is 0.680. The van der Waals surface area contributed by atoms with Gasteiger partial charge in [-0.2, -0.15) is 0 Å². The molecule has 1 aliphatic rings. The third-order valence-electron chi connectivity index (χ3n) is 3.58. The average Bonchev–Trinajstić information content (AvgIpc) is 2.82. The third kappa shape index (κ3) is 2.59. The van der Waals surface area contributed by atoms with Crippen molar-refractivity contribution in [2.45, 2.75) is 24.3 Å². The zero-order valence-corrected chi connectivity index (χ0v) is 12.3. The first-order valence-corrected chi connectivity index (χ1v) is 7.82. The van der Waals surface area contributed by atoms with Crippen molar-refractivity contribution in [3.8, 4) is 0 Å². The van der Waals surface area contributed by atoms with Crippen molar-refractivity contribution >= 4 is 23.4 Å². The van der Waals surface area contributed by atoms with E-state index >= 15 is 0 Å². The van der Waals surface area contributed by atoms with Crippen molar-refractivity contribution in [2.75, 3.05) is 10.7 Å². The summed E-state index contributed by atoms with van der Waals surface area (Å²) in [6.45, 7) is 2.12. The Morgan fingerprint density at radius 2 is 1.85 bits per heavy atom. The predicted octanol–water partition coefficient (Wildman–Crippen LogP) is 3.76. The molecule has 3 heteroatoms. The molecule has 0 saturated heterocycles. The first kappa shape index (κ1) is 13.3. The zero-order valence-electron chi connectivity index (χ0n) is 11.5. The van der Waals surface area contributed by atoms with Crippen LogP contribution in [0.5, 0.6) is 0 Å². The Balaban J connectivity index is 1.71. The van der Waals surface area contributed by atoms with Crippen LogP contribution in [-0.4, -0.2) is 17.7 Å². The number of nitrogens with zero attached hydrogens (tertiary/aromatic N) is 1. The zero-order chi connectivity index (χ0) is 13.9.